The first-order chi connectivity index (χ1) is 33.0. The van der Waals surface area contributed by atoms with Gasteiger partial charge in [-0.2, -0.15) is 0 Å². The summed E-state index contributed by atoms with van der Waals surface area (Å²) in [5, 5.41) is 0. The Labute approximate surface area is 414 Å². The molecule has 0 bridgehead atoms. The lowest BCUT2D eigenvalue weighted by Crippen LogP contribution is -2.30. The average Bonchev–Trinajstić information content (AvgIpc) is 3.33. The molecule has 0 saturated heterocycles. The third kappa shape index (κ3) is 53.7. The van der Waals surface area contributed by atoms with Crippen molar-refractivity contribution in [2.45, 2.75) is 284 Å². The number of rotatable bonds is 51. The van der Waals surface area contributed by atoms with E-state index in [0.717, 1.165) is 103 Å². The van der Waals surface area contributed by atoms with E-state index < -0.39 is 6.10 Å². The molecule has 0 aliphatic heterocycles. The van der Waals surface area contributed by atoms with Gasteiger partial charge in [0, 0.05) is 19.3 Å². The highest BCUT2D eigenvalue weighted by molar-refractivity contribution is 5.71. The average molecular weight is 936 g/mol. The Kier molecular flexibility index (Phi) is 52.8. The van der Waals surface area contributed by atoms with Crippen molar-refractivity contribution in [3.05, 3.63) is 72.9 Å². The second kappa shape index (κ2) is 55.4. The summed E-state index contributed by atoms with van der Waals surface area (Å²) in [7, 11) is 0. The molecule has 0 heterocycles. The number of hydrogen-bond acceptors (Lipinski definition) is 6. The zero-order chi connectivity index (χ0) is 48.6. The lowest BCUT2D eigenvalue weighted by atomic mass is 10.0. The minimum Gasteiger partial charge on any atom is -0.462 e. The Bertz CT molecular complexity index is 1260. The maximum atomic E-state index is 12.8. The molecule has 6 heteroatoms. The Morgan fingerprint density at radius 1 is 0.313 bits per heavy atom. The van der Waals surface area contributed by atoms with Crippen LogP contribution in [0.2, 0.25) is 0 Å². The highest BCUT2D eigenvalue weighted by atomic mass is 16.6. The molecule has 0 rings (SSSR count). The highest BCUT2D eigenvalue weighted by Crippen LogP contribution is 2.16. The van der Waals surface area contributed by atoms with Crippen molar-refractivity contribution in [3.63, 3.8) is 0 Å². The Balaban J connectivity index is 4.42. The van der Waals surface area contributed by atoms with Gasteiger partial charge in [-0.15, -0.1) is 0 Å². The summed E-state index contributed by atoms with van der Waals surface area (Å²) in [5.41, 5.74) is 0. The summed E-state index contributed by atoms with van der Waals surface area (Å²) >= 11 is 0. The van der Waals surface area contributed by atoms with Crippen LogP contribution >= 0.6 is 0 Å². The van der Waals surface area contributed by atoms with E-state index in [9.17, 15) is 14.4 Å². The molecule has 6 nitrogen and oxygen atoms in total. The largest absolute Gasteiger partial charge is 0.462 e. The normalized spacial score (nSPS) is 12.6. The smallest absolute Gasteiger partial charge is 0.306 e. The molecule has 0 aromatic rings. The van der Waals surface area contributed by atoms with E-state index in [1.54, 1.807) is 0 Å². The van der Waals surface area contributed by atoms with Gasteiger partial charge in [0.25, 0.3) is 0 Å². The van der Waals surface area contributed by atoms with Crippen LogP contribution in [-0.4, -0.2) is 37.2 Å². The molecule has 0 radical (unpaired) electrons. The van der Waals surface area contributed by atoms with E-state index in [0.29, 0.717) is 19.3 Å². The molecule has 0 aliphatic rings. The summed E-state index contributed by atoms with van der Waals surface area (Å²) in [6.45, 7) is 6.49. The number of unbranched alkanes of at least 4 members (excludes halogenated alkanes) is 32. The van der Waals surface area contributed by atoms with Crippen LogP contribution in [0.15, 0.2) is 72.9 Å². The summed E-state index contributed by atoms with van der Waals surface area (Å²) in [6.07, 6.45) is 70.3. The fourth-order valence-electron chi connectivity index (χ4n) is 8.03. The van der Waals surface area contributed by atoms with E-state index in [4.69, 9.17) is 14.2 Å². The van der Waals surface area contributed by atoms with Crippen molar-refractivity contribution in [3.8, 4) is 0 Å². The summed E-state index contributed by atoms with van der Waals surface area (Å²) in [6, 6.07) is 0. The molecule has 0 aromatic heterocycles. The first-order valence-electron chi connectivity index (χ1n) is 28.5. The van der Waals surface area contributed by atoms with Crippen molar-refractivity contribution in [1.29, 1.82) is 0 Å². The molecule has 0 amide bonds. The molecule has 0 fully saturated rings. The molecule has 0 aromatic carbocycles. The van der Waals surface area contributed by atoms with Crippen LogP contribution in [0.4, 0.5) is 0 Å². The topological polar surface area (TPSA) is 78.9 Å². The van der Waals surface area contributed by atoms with E-state index >= 15 is 0 Å². The van der Waals surface area contributed by atoms with Gasteiger partial charge in [-0.3, -0.25) is 14.4 Å². The van der Waals surface area contributed by atoms with Crippen LogP contribution in [0.1, 0.15) is 278 Å². The number of carbonyl (C=O) groups excluding carboxylic acids is 3. The molecule has 1 atom stereocenters. The van der Waals surface area contributed by atoms with E-state index in [-0.39, 0.29) is 31.1 Å². The predicted octanol–water partition coefficient (Wildman–Crippen LogP) is 19.0. The Morgan fingerprint density at radius 2 is 0.582 bits per heavy atom. The molecule has 0 spiro atoms. The van der Waals surface area contributed by atoms with Crippen molar-refractivity contribution in [2.24, 2.45) is 0 Å². The minimum atomic E-state index is -0.790. The highest BCUT2D eigenvalue weighted by Gasteiger charge is 2.19. The summed E-state index contributed by atoms with van der Waals surface area (Å²) in [5.74, 6) is -0.916. The number of ether oxygens (including phenoxy) is 3. The van der Waals surface area contributed by atoms with Gasteiger partial charge < -0.3 is 14.2 Å². The maximum Gasteiger partial charge on any atom is 0.306 e. The third-order valence-corrected chi connectivity index (χ3v) is 12.3. The lowest BCUT2D eigenvalue weighted by Gasteiger charge is -2.18. The standard InChI is InChI=1S/C61H106O6/c1-4-7-10-13-16-19-22-25-28-30-31-34-36-39-42-45-48-51-54-60(63)66-57-58(56-65-59(62)53-50-47-44-41-38-35-32-27-24-21-18-15-12-9-6-3)67-61(64)55-52-49-46-43-40-37-33-29-26-23-20-17-14-11-8-5-2/h9,12,15,18,21,24,27-28,30-32,34,58H,4-8,10-11,13-14,16-17,19-20,22-23,25-26,29,33,35-57H2,1-3H3/b12-9-,18-15-,24-21-,30-28-,32-27-,34-31-. The van der Waals surface area contributed by atoms with E-state index in [1.165, 1.54) is 135 Å². The SMILES string of the molecule is CC\C=C/C=C\C=C/C=C\CCCCCCCC(=O)OCC(COC(=O)CCCCCCC/C=C\C=C/CCCCCCCCC)OC(=O)CCCCCCCCCCCCCCCCCC. The molecule has 386 valence electrons. The number of hydrogen-bond donors (Lipinski definition) is 0. The first kappa shape index (κ1) is 63.8. The minimum absolute atomic E-state index is 0.0894. The van der Waals surface area contributed by atoms with Crippen LogP contribution in [-0.2, 0) is 28.6 Å². The van der Waals surface area contributed by atoms with Crippen LogP contribution in [0.3, 0.4) is 0 Å². The number of carbonyl (C=O) groups is 3. The molecule has 0 aliphatic carbocycles. The maximum absolute atomic E-state index is 12.8. The van der Waals surface area contributed by atoms with Crippen molar-refractivity contribution in [1.82, 2.24) is 0 Å². The Hall–Kier alpha value is -3.15. The predicted molar refractivity (Wildman–Crippen MR) is 288 cm³/mol. The zero-order valence-electron chi connectivity index (χ0n) is 44.2. The quantitative estimate of drug-likeness (QED) is 0.0262. The second-order valence-electron chi connectivity index (χ2n) is 18.9. The zero-order valence-corrected chi connectivity index (χ0v) is 44.2. The van der Waals surface area contributed by atoms with Crippen molar-refractivity contribution >= 4 is 17.9 Å². The van der Waals surface area contributed by atoms with Gasteiger partial charge >= 0.3 is 17.9 Å². The monoisotopic (exact) mass is 935 g/mol. The Morgan fingerprint density at radius 3 is 0.925 bits per heavy atom. The molecule has 0 N–H and O–H groups in total. The van der Waals surface area contributed by atoms with Crippen LogP contribution < -0.4 is 0 Å². The molecule has 67 heavy (non-hydrogen) atoms. The second-order valence-corrected chi connectivity index (χ2v) is 18.9. The van der Waals surface area contributed by atoms with Gasteiger partial charge in [-0.05, 0) is 64.2 Å². The van der Waals surface area contributed by atoms with Crippen LogP contribution in [0.5, 0.6) is 0 Å². The van der Waals surface area contributed by atoms with Gasteiger partial charge in [0.1, 0.15) is 13.2 Å². The van der Waals surface area contributed by atoms with Gasteiger partial charge in [0.2, 0.25) is 0 Å². The van der Waals surface area contributed by atoms with Crippen molar-refractivity contribution in [2.75, 3.05) is 13.2 Å². The molecule has 1 unspecified atom stereocenters. The molecular formula is C61H106O6. The fraction of sp³-hybridized carbons (Fsp3) is 0.754. The summed E-state index contributed by atoms with van der Waals surface area (Å²) < 4.78 is 16.8. The van der Waals surface area contributed by atoms with Crippen LogP contribution in [0, 0.1) is 0 Å². The van der Waals surface area contributed by atoms with Gasteiger partial charge in [-0.1, -0.05) is 267 Å². The van der Waals surface area contributed by atoms with Crippen molar-refractivity contribution < 1.29 is 28.6 Å². The molecular weight excluding hydrogens is 829 g/mol. The van der Waals surface area contributed by atoms with Gasteiger partial charge in [0.05, 0.1) is 0 Å². The first-order valence-corrected chi connectivity index (χ1v) is 28.5. The fourth-order valence-corrected chi connectivity index (χ4v) is 8.03. The summed E-state index contributed by atoms with van der Waals surface area (Å²) in [4.78, 5) is 38.1. The van der Waals surface area contributed by atoms with Crippen LogP contribution in [0.25, 0.3) is 0 Å². The van der Waals surface area contributed by atoms with E-state index in [1.807, 2.05) is 18.2 Å². The van der Waals surface area contributed by atoms with Gasteiger partial charge in [0.15, 0.2) is 6.10 Å². The lowest BCUT2D eigenvalue weighted by molar-refractivity contribution is -0.167. The van der Waals surface area contributed by atoms with Gasteiger partial charge in [-0.25, -0.2) is 0 Å². The van der Waals surface area contributed by atoms with E-state index in [2.05, 4.69) is 75.5 Å². The molecule has 0 saturated carbocycles. The number of esters is 3. The number of allylic oxidation sites excluding steroid dienone is 12. The third-order valence-electron chi connectivity index (χ3n) is 12.3.